The number of piperidine rings is 1. The average Bonchev–Trinajstić information content (AvgIpc) is 3.05. The van der Waals surface area contributed by atoms with E-state index in [2.05, 4.69) is 22.0 Å². The Morgan fingerprint density at radius 3 is 2.76 bits per heavy atom. The molecular weight excluding hydrogens is 331 g/mol. The van der Waals surface area contributed by atoms with Crippen LogP contribution in [-0.4, -0.2) is 27.6 Å². The molecule has 1 aromatic heterocycles. The lowest BCUT2D eigenvalue weighted by atomic mass is 10.00. The zero-order chi connectivity index (χ0) is 18.0. The minimum Gasteiger partial charge on any atom is -0.350 e. The summed E-state index contributed by atoms with van der Waals surface area (Å²) in [4.78, 5) is 3.17. The highest BCUT2D eigenvalue weighted by molar-refractivity contribution is 5.51. The molecule has 3 rings (SSSR count). The van der Waals surface area contributed by atoms with Crippen LogP contribution in [0.15, 0.2) is 24.3 Å². The lowest BCUT2D eigenvalue weighted by Crippen LogP contribution is -2.39. The quantitative estimate of drug-likeness (QED) is 0.842. The van der Waals surface area contributed by atoms with Gasteiger partial charge >= 0.3 is 6.18 Å². The van der Waals surface area contributed by atoms with E-state index in [-0.39, 0.29) is 17.4 Å². The van der Waals surface area contributed by atoms with Crippen LogP contribution in [0.25, 0.3) is 5.69 Å². The van der Waals surface area contributed by atoms with E-state index in [9.17, 15) is 18.4 Å². The molecule has 1 aromatic carbocycles. The normalized spacial score (nSPS) is 18.2. The molecular formula is C17H18F3N5. The Hall–Kier alpha value is -2.56. The molecule has 5 nitrogen and oxygen atoms in total. The Morgan fingerprint density at radius 2 is 2.08 bits per heavy atom. The van der Waals surface area contributed by atoms with Crippen LogP contribution in [0.4, 0.5) is 19.0 Å². The summed E-state index contributed by atoms with van der Waals surface area (Å²) >= 11 is 0. The second kappa shape index (κ2) is 6.75. The molecule has 2 heterocycles. The summed E-state index contributed by atoms with van der Waals surface area (Å²) in [5.74, 6) is 0.450. The van der Waals surface area contributed by atoms with Gasteiger partial charge in [0.25, 0.3) is 0 Å². The zero-order valence-electron chi connectivity index (χ0n) is 13.8. The van der Waals surface area contributed by atoms with Crippen molar-refractivity contribution in [3.8, 4) is 11.8 Å². The van der Waals surface area contributed by atoms with Crippen molar-refractivity contribution in [3.05, 3.63) is 35.5 Å². The largest absolute Gasteiger partial charge is 0.416 e. The fourth-order valence-electron chi connectivity index (χ4n) is 3.19. The van der Waals surface area contributed by atoms with E-state index in [4.69, 9.17) is 0 Å². The minimum atomic E-state index is -4.44. The maximum Gasteiger partial charge on any atom is 0.416 e. The van der Waals surface area contributed by atoms with Gasteiger partial charge in [0, 0.05) is 12.6 Å². The number of rotatable bonds is 3. The van der Waals surface area contributed by atoms with Crippen molar-refractivity contribution in [3.63, 3.8) is 0 Å². The van der Waals surface area contributed by atoms with Gasteiger partial charge in [-0.15, -0.1) is 15.0 Å². The Balaban J connectivity index is 2.00. The summed E-state index contributed by atoms with van der Waals surface area (Å²) < 4.78 is 38.7. The molecule has 0 spiro atoms. The second-order valence-electron chi connectivity index (χ2n) is 6.07. The number of nitriles is 1. The number of aromatic nitrogens is 3. The molecule has 1 aliphatic heterocycles. The van der Waals surface area contributed by atoms with Crippen LogP contribution >= 0.6 is 0 Å². The molecule has 0 radical (unpaired) electrons. The molecule has 132 valence electrons. The number of alkyl halides is 3. The summed E-state index contributed by atoms with van der Waals surface area (Å²) in [5.41, 5.74) is -0.452. The molecule has 1 saturated heterocycles. The lowest BCUT2D eigenvalue weighted by molar-refractivity contribution is -0.137. The predicted molar refractivity (Wildman–Crippen MR) is 86.4 cm³/mol. The maximum absolute atomic E-state index is 12.9. The van der Waals surface area contributed by atoms with Gasteiger partial charge in [-0.3, -0.25) is 0 Å². The van der Waals surface area contributed by atoms with E-state index in [1.807, 2.05) is 6.07 Å². The van der Waals surface area contributed by atoms with Crippen molar-refractivity contribution in [1.82, 2.24) is 15.0 Å². The number of hydrogen-bond donors (Lipinski definition) is 0. The number of nitrogens with zero attached hydrogens (tertiary/aromatic N) is 5. The van der Waals surface area contributed by atoms with Gasteiger partial charge in [-0.2, -0.15) is 18.4 Å². The van der Waals surface area contributed by atoms with Gasteiger partial charge in [-0.05, 0) is 43.9 Å². The molecule has 1 atom stereocenters. The summed E-state index contributed by atoms with van der Waals surface area (Å²) in [5, 5.41) is 17.8. The molecule has 2 aromatic rings. The standard InChI is InChI=1S/C17H18F3N5/c1-2-13-7-3-4-9-24(13)16-15(11-21)22-25(23-16)14-8-5-6-12(10-14)17(18,19)20/h5-6,8,10,13H,2-4,7,9H2,1H3. The van der Waals surface area contributed by atoms with E-state index < -0.39 is 11.7 Å². The molecule has 0 N–H and O–H groups in total. The molecule has 1 unspecified atom stereocenters. The Bertz CT molecular complexity index is 790. The van der Waals surface area contributed by atoms with Crippen molar-refractivity contribution < 1.29 is 13.2 Å². The van der Waals surface area contributed by atoms with Gasteiger partial charge in [-0.1, -0.05) is 13.0 Å². The third-order valence-electron chi connectivity index (χ3n) is 4.48. The van der Waals surface area contributed by atoms with Gasteiger partial charge in [0.05, 0.1) is 11.3 Å². The van der Waals surface area contributed by atoms with Gasteiger partial charge in [-0.25, -0.2) is 0 Å². The van der Waals surface area contributed by atoms with E-state index >= 15 is 0 Å². The monoisotopic (exact) mass is 349 g/mol. The number of halogens is 3. The second-order valence-corrected chi connectivity index (χ2v) is 6.07. The Kier molecular flexibility index (Phi) is 4.66. The fourth-order valence-corrected chi connectivity index (χ4v) is 3.19. The van der Waals surface area contributed by atoms with Gasteiger partial charge in [0.1, 0.15) is 6.07 Å². The first-order valence-corrected chi connectivity index (χ1v) is 8.25. The van der Waals surface area contributed by atoms with E-state index in [1.165, 1.54) is 12.1 Å². The van der Waals surface area contributed by atoms with Crippen LogP contribution in [0.5, 0.6) is 0 Å². The van der Waals surface area contributed by atoms with Crippen molar-refractivity contribution in [2.45, 2.75) is 44.8 Å². The van der Waals surface area contributed by atoms with E-state index in [0.717, 1.165) is 49.2 Å². The summed E-state index contributed by atoms with van der Waals surface area (Å²) in [6.07, 6.45) is -0.389. The smallest absolute Gasteiger partial charge is 0.350 e. The van der Waals surface area contributed by atoms with Crippen LogP contribution in [0.2, 0.25) is 0 Å². The highest BCUT2D eigenvalue weighted by Gasteiger charge is 2.31. The summed E-state index contributed by atoms with van der Waals surface area (Å²) in [6.45, 7) is 2.85. The molecule has 25 heavy (non-hydrogen) atoms. The zero-order valence-corrected chi connectivity index (χ0v) is 13.8. The summed E-state index contributed by atoms with van der Waals surface area (Å²) in [7, 11) is 0. The molecule has 0 saturated carbocycles. The topological polar surface area (TPSA) is 57.7 Å². The van der Waals surface area contributed by atoms with Crippen molar-refractivity contribution >= 4 is 5.82 Å². The Labute approximate surface area is 143 Å². The molecule has 1 aliphatic rings. The van der Waals surface area contributed by atoms with Crippen LogP contribution in [0.3, 0.4) is 0 Å². The van der Waals surface area contributed by atoms with Crippen LogP contribution in [-0.2, 0) is 6.18 Å². The van der Waals surface area contributed by atoms with Gasteiger partial charge in [0.2, 0.25) is 5.69 Å². The first-order chi connectivity index (χ1) is 11.9. The fraction of sp³-hybridized carbons (Fsp3) is 0.471. The highest BCUT2D eigenvalue weighted by atomic mass is 19.4. The first-order valence-electron chi connectivity index (χ1n) is 8.25. The minimum absolute atomic E-state index is 0.137. The SMILES string of the molecule is CCC1CCCCN1c1nn(-c2cccc(C(F)(F)F)c2)nc1C#N. The third-order valence-corrected chi connectivity index (χ3v) is 4.48. The predicted octanol–water partition coefficient (Wildman–Crippen LogP) is 3.93. The van der Waals surface area contributed by atoms with E-state index in [0.29, 0.717) is 5.82 Å². The number of anilines is 1. The van der Waals surface area contributed by atoms with Crippen LogP contribution in [0, 0.1) is 11.3 Å². The van der Waals surface area contributed by atoms with Crippen LogP contribution < -0.4 is 4.90 Å². The van der Waals surface area contributed by atoms with Crippen LogP contribution in [0.1, 0.15) is 43.9 Å². The molecule has 8 heteroatoms. The van der Waals surface area contributed by atoms with Gasteiger partial charge < -0.3 is 4.90 Å². The van der Waals surface area contributed by atoms with Crippen molar-refractivity contribution in [1.29, 1.82) is 5.26 Å². The maximum atomic E-state index is 12.9. The number of hydrogen-bond acceptors (Lipinski definition) is 4. The van der Waals surface area contributed by atoms with E-state index in [1.54, 1.807) is 0 Å². The number of benzene rings is 1. The molecule has 0 bridgehead atoms. The molecule has 0 aliphatic carbocycles. The van der Waals surface area contributed by atoms with Gasteiger partial charge in [0.15, 0.2) is 5.82 Å². The Morgan fingerprint density at radius 1 is 1.28 bits per heavy atom. The summed E-state index contributed by atoms with van der Waals surface area (Å²) in [6, 6.07) is 7.07. The van der Waals surface area contributed by atoms with Crippen molar-refractivity contribution in [2.75, 3.05) is 11.4 Å². The highest BCUT2D eigenvalue weighted by Crippen LogP contribution is 2.31. The first kappa shape index (κ1) is 17.3. The van der Waals surface area contributed by atoms with Crippen molar-refractivity contribution in [2.24, 2.45) is 0 Å². The molecule has 0 amide bonds. The molecule has 1 fully saturated rings. The third kappa shape index (κ3) is 3.45. The average molecular weight is 349 g/mol. The lowest BCUT2D eigenvalue weighted by Gasteiger charge is -2.35.